The molecule has 2 atom stereocenters. The molecule has 0 aliphatic carbocycles. The van der Waals surface area contributed by atoms with Crippen molar-refractivity contribution in [2.75, 3.05) is 19.6 Å². The molecule has 0 bridgehead atoms. The highest BCUT2D eigenvalue weighted by molar-refractivity contribution is 9.10. The van der Waals surface area contributed by atoms with E-state index in [4.69, 9.17) is 17.3 Å². The van der Waals surface area contributed by atoms with E-state index in [0.717, 1.165) is 28.5 Å². The molecule has 2 unspecified atom stereocenters. The van der Waals surface area contributed by atoms with Gasteiger partial charge in [-0.25, -0.2) is 0 Å². The van der Waals surface area contributed by atoms with Gasteiger partial charge in [-0.2, -0.15) is 0 Å². The fourth-order valence-corrected chi connectivity index (χ4v) is 3.64. The monoisotopic (exact) mass is 358 g/mol. The Morgan fingerprint density at radius 1 is 1.40 bits per heavy atom. The van der Waals surface area contributed by atoms with Crippen LogP contribution in [0.1, 0.15) is 44.2 Å². The van der Waals surface area contributed by atoms with Crippen LogP contribution in [0.5, 0.6) is 0 Å². The third kappa shape index (κ3) is 3.97. The summed E-state index contributed by atoms with van der Waals surface area (Å²) in [6.45, 7) is 5.27. The number of nitrogens with zero attached hydrogens (tertiary/aromatic N) is 1. The molecule has 1 heterocycles. The van der Waals surface area contributed by atoms with Crippen molar-refractivity contribution in [3.05, 3.63) is 33.3 Å². The van der Waals surface area contributed by atoms with Crippen LogP contribution in [0.3, 0.4) is 0 Å². The Balaban J connectivity index is 2.12. The molecule has 0 aromatic heterocycles. The van der Waals surface area contributed by atoms with Gasteiger partial charge in [0.2, 0.25) is 0 Å². The number of rotatable bonds is 4. The molecule has 0 spiro atoms. The summed E-state index contributed by atoms with van der Waals surface area (Å²) in [4.78, 5) is 2.55. The lowest BCUT2D eigenvalue weighted by Gasteiger charge is -2.30. The molecule has 112 valence electrons. The van der Waals surface area contributed by atoms with Gasteiger partial charge in [-0.3, -0.25) is 4.90 Å². The van der Waals surface area contributed by atoms with Crippen LogP contribution in [0.2, 0.25) is 5.02 Å². The number of nitrogens with two attached hydrogens (primary N) is 1. The van der Waals surface area contributed by atoms with E-state index in [0.29, 0.717) is 12.6 Å². The Hall–Kier alpha value is -0.0900. The fourth-order valence-electron chi connectivity index (χ4n) is 3.12. The van der Waals surface area contributed by atoms with E-state index < -0.39 is 0 Å². The molecule has 2 N–H and O–H groups in total. The van der Waals surface area contributed by atoms with Crippen molar-refractivity contribution in [3.63, 3.8) is 0 Å². The van der Waals surface area contributed by atoms with Gasteiger partial charge in [0.1, 0.15) is 0 Å². The van der Waals surface area contributed by atoms with E-state index in [2.05, 4.69) is 39.9 Å². The highest BCUT2D eigenvalue weighted by atomic mass is 79.9. The second-order valence-electron chi connectivity index (χ2n) is 5.67. The zero-order valence-corrected chi connectivity index (χ0v) is 14.5. The molecule has 1 aromatic carbocycles. The second-order valence-corrected chi connectivity index (χ2v) is 6.93. The van der Waals surface area contributed by atoms with Gasteiger partial charge in [0.15, 0.2) is 0 Å². The van der Waals surface area contributed by atoms with E-state index in [9.17, 15) is 0 Å². The van der Waals surface area contributed by atoms with Crippen LogP contribution in [0.4, 0.5) is 0 Å². The molecule has 1 fully saturated rings. The molecule has 1 saturated heterocycles. The summed E-state index contributed by atoms with van der Waals surface area (Å²) in [5.74, 6) is 0.885. The maximum Gasteiger partial charge on any atom is 0.0548 e. The van der Waals surface area contributed by atoms with Gasteiger partial charge >= 0.3 is 0 Å². The SMILES string of the molecule is CCC1CCCN(C(CN)c2ccc(Cl)c(Br)c2)CC1. The molecule has 2 rings (SSSR count). The second kappa shape index (κ2) is 7.79. The van der Waals surface area contributed by atoms with E-state index in [-0.39, 0.29) is 0 Å². The number of halogens is 2. The van der Waals surface area contributed by atoms with Gasteiger partial charge in [-0.15, -0.1) is 0 Å². The first-order chi connectivity index (χ1) is 9.65. The summed E-state index contributed by atoms with van der Waals surface area (Å²) in [7, 11) is 0. The third-order valence-corrected chi connectivity index (χ3v) is 5.67. The predicted molar refractivity (Wildman–Crippen MR) is 90.2 cm³/mol. The summed E-state index contributed by atoms with van der Waals surface area (Å²) in [5.41, 5.74) is 7.31. The number of hydrogen-bond acceptors (Lipinski definition) is 2. The van der Waals surface area contributed by atoms with Gasteiger partial charge in [-0.05, 0) is 71.9 Å². The molecular weight excluding hydrogens is 336 g/mol. The van der Waals surface area contributed by atoms with Crippen molar-refractivity contribution in [3.8, 4) is 0 Å². The quantitative estimate of drug-likeness (QED) is 0.850. The van der Waals surface area contributed by atoms with Gasteiger partial charge in [-0.1, -0.05) is 31.0 Å². The van der Waals surface area contributed by atoms with Crippen LogP contribution < -0.4 is 5.73 Å². The lowest BCUT2D eigenvalue weighted by molar-refractivity contribution is 0.206. The normalized spacial score (nSPS) is 22.5. The van der Waals surface area contributed by atoms with E-state index in [1.54, 1.807) is 0 Å². The number of likely N-dealkylation sites (tertiary alicyclic amines) is 1. The Kier molecular flexibility index (Phi) is 6.34. The Morgan fingerprint density at radius 2 is 2.20 bits per heavy atom. The molecule has 1 aliphatic heterocycles. The lowest BCUT2D eigenvalue weighted by Crippen LogP contribution is -2.34. The van der Waals surface area contributed by atoms with Crippen LogP contribution in [0, 0.1) is 5.92 Å². The van der Waals surface area contributed by atoms with Crippen LogP contribution in [-0.2, 0) is 0 Å². The first kappa shape index (κ1) is 16.3. The van der Waals surface area contributed by atoms with Gasteiger partial charge < -0.3 is 5.73 Å². The summed E-state index contributed by atoms with van der Waals surface area (Å²) < 4.78 is 0.955. The molecule has 4 heteroatoms. The first-order valence-corrected chi connectivity index (χ1v) is 8.71. The predicted octanol–water partition coefficient (Wildman–Crippen LogP) is 4.61. The summed E-state index contributed by atoms with van der Waals surface area (Å²) in [6, 6.07) is 6.48. The zero-order chi connectivity index (χ0) is 14.5. The summed E-state index contributed by atoms with van der Waals surface area (Å²) in [6.07, 6.45) is 5.23. The van der Waals surface area contributed by atoms with E-state index >= 15 is 0 Å². The fraction of sp³-hybridized carbons (Fsp3) is 0.625. The van der Waals surface area contributed by atoms with Crippen LogP contribution in [0.15, 0.2) is 22.7 Å². The standard InChI is InChI=1S/C16H24BrClN2/c1-2-12-4-3-8-20(9-7-12)16(11-19)13-5-6-15(18)14(17)10-13/h5-6,10,12,16H,2-4,7-9,11,19H2,1H3. The Morgan fingerprint density at radius 3 is 2.85 bits per heavy atom. The van der Waals surface area contributed by atoms with E-state index in [1.807, 2.05) is 6.07 Å². The maximum absolute atomic E-state index is 6.09. The zero-order valence-electron chi connectivity index (χ0n) is 12.1. The molecule has 0 amide bonds. The minimum absolute atomic E-state index is 0.305. The Bertz CT molecular complexity index is 438. The number of benzene rings is 1. The topological polar surface area (TPSA) is 29.3 Å². The molecule has 1 aromatic rings. The molecule has 1 aliphatic rings. The smallest absolute Gasteiger partial charge is 0.0548 e. The highest BCUT2D eigenvalue weighted by Gasteiger charge is 2.23. The van der Waals surface area contributed by atoms with Crippen molar-refractivity contribution in [2.24, 2.45) is 11.7 Å². The van der Waals surface area contributed by atoms with Gasteiger partial charge in [0.25, 0.3) is 0 Å². The summed E-state index contributed by atoms with van der Waals surface area (Å²) >= 11 is 9.60. The van der Waals surface area contributed by atoms with Crippen molar-refractivity contribution in [1.29, 1.82) is 0 Å². The van der Waals surface area contributed by atoms with Crippen LogP contribution in [-0.4, -0.2) is 24.5 Å². The van der Waals surface area contributed by atoms with Gasteiger partial charge in [0, 0.05) is 17.1 Å². The lowest BCUT2D eigenvalue weighted by atomic mass is 9.98. The van der Waals surface area contributed by atoms with Crippen molar-refractivity contribution in [2.45, 2.75) is 38.6 Å². The molecular formula is C16H24BrClN2. The minimum atomic E-state index is 0.305. The van der Waals surface area contributed by atoms with Crippen LogP contribution in [0.25, 0.3) is 0 Å². The molecule has 0 radical (unpaired) electrons. The summed E-state index contributed by atoms with van der Waals surface area (Å²) in [5, 5.41) is 0.756. The molecule has 0 saturated carbocycles. The van der Waals surface area contributed by atoms with Crippen molar-refractivity contribution < 1.29 is 0 Å². The van der Waals surface area contributed by atoms with Crippen molar-refractivity contribution >= 4 is 27.5 Å². The highest BCUT2D eigenvalue weighted by Crippen LogP contribution is 2.30. The van der Waals surface area contributed by atoms with Gasteiger partial charge in [0.05, 0.1) is 5.02 Å². The van der Waals surface area contributed by atoms with Crippen molar-refractivity contribution in [1.82, 2.24) is 4.90 Å². The Labute approximate surface area is 135 Å². The van der Waals surface area contributed by atoms with Crippen LogP contribution >= 0.6 is 27.5 Å². The third-order valence-electron chi connectivity index (χ3n) is 4.45. The molecule has 20 heavy (non-hydrogen) atoms. The molecule has 2 nitrogen and oxygen atoms in total. The number of hydrogen-bond donors (Lipinski definition) is 1. The largest absolute Gasteiger partial charge is 0.329 e. The average Bonchev–Trinajstić information content (AvgIpc) is 2.69. The minimum Gasteiger partial charge on any atom is -0.329 e. The maximum atomic E-state index is 6.09. The average molecular weight is 360 g/mol. The first-order valence-electron chi connectivity index (χ1n) is 7.54. The van der Waals surface area contributed by atoms with E-state index in [1.165, 1.54) is 31.2 Å².